The summed E-state index contributed by atoms with van der Waals surface area (Å²) in [6.07, 6.45) is 3.58. The summed E-state index contributed by atoms with van der Waals surface area (Å²) in [6.45, 7) is 13.9. The van der Waals surface area contributed by atoms with E-state index in [4.69, 9.17) is 0 Å². The second kappa shape index (κ2) is 7.30. The van der Waals surface area contributed by atoms with Gasteiger partial charge in [0, 0.05) is 31.0 Å². The molecular formula is C26H33NS2. The fraction of sp³-hybridized carbons (Fsp3) is 0.385. The lowest BCUT2D eigenvalue weighted by atomic mass is 10.1. The van der Waals surface area contributed by atoms with Crippen molar-refractivity contribution in [1.29, 1.82) is 0 Å². The number of allylic oxidation sites excluding steroid dienone is 1. The number of benzene rings is 2. The van der Waals surface area contributed by atoms with E-state index in [1.807, 2.05) is 11.3 Å². The molecule has 0 saturated carbocycles. The number of thiophene rings is 1. The molecule has 1 heterocycles. The number of hydrogen-bond donors (Lipinski definition) is 1. The summed E-state index contributed by atoms with van der Waals surface area (Å²) >= 11 is 2.00. The molecule has 0 saturated heterocycles. The SMILES string of the molecule is CCc1ccccc1S(C)(NC(C)(C)C)C1C(C)=C(C)c2c1sc1ccccc21. The first-order chi connectivity index (χ1) is 13.7. The van der Waals surface area contributed by atoms with Gasteiger partial charge in [0.1, 0.15) is 0 Å². The third kappa shape index (κ3) is 3.37. The van der Waals surface area contributed by atoms with Crippen LogP contribution in [0.1, 0.15) is 62.8 Å². The maximum atomic E-state index is 4.16. The molecule has 4 rings (SSSR count). The number of rotatable bonds is 4. The summed E-state index contributed by atoms with van der Waals surface area (Å²) in [6, 6.07) is 18.0. The van der Waals surface area contributed by atoms with Gasteiger partial charge in [0.05, 0.1) is 5.25 Å². The van der Waals surface area contributed by atoms with Crippen LogP contribution < -0.4 is 4.72 Å². The number of nitrogens with one attached hydrogen (secondary N) is 1. The second-order valence-corrected chi connectivity index (χ2v) is 13.5. The van der Waals surface area contributed by atoms with E-state index < -0.39 is 10.2 Å². The molecular weight excluding hydrogens is 390 g/mol. The van der Waals surface area contributed by atoms with Crippen LogP contribution in [0.25, 0.3) is 15.7 Å². The maximum Gasteiger partial charge on any atom is 0.0605 e. The molecule has 2 unspecified atom stereocenters. The molecule has 1 aliphatic rings. The highest BCUT2D eigenvalue weighted by Crippen LogP contribution is 2.70. The van der Waals surface area contributed by atoms with Crippen LogP contribution in [0.3, 0.4) is 0 Å². The zero-order valence-electron chi connectivity index (χ0n) is 18.7. The van der Waals surface area contributed by atoms with Crippen LogP contribution in [0.4, 0.5) is 0 Å². The Morgan fingerprint density at radius 1 is 1.00 bits per heavy atom. The van der Waals surface area contributed by atoms with Crippen LogP contribution in [0.2, 0.25) is 0 Å². The van der Waals surface area contributed by atoms with Gasteiger partial charge in [-0.25, -0.2) is 0 Å². The summed E-state index contributed by atoms with van der Waals surface area (Å²) in [5.74, 6) is 0. The van der Waals surface area contributed by atoms with Crippen molar-refractivity contribution in [3.63, 3.8) is 0 Å². The summed E-state index contributed by atoms with van der Waals surface area (Å²) in [5, 5.41) is 1.84. The van der Waals surface area contributed by atoms with E-state index in [0.29, 0.717) is 5.25 Å². The molecule has 0 spiro atoms. The lowest BCUT2D eigenvalue weighted by Crippen LogP contribution is -2.40. The van der Waals surface area contributed by atoms with Crippen LogP contribution in [-0.2, 0) is 6.42 Å². The predicted molar refractivity (Wildman–Crippen MR) is 133 cm³/mol. The second-order valence-electron chi connectivity index (χ2n) is 9.32. The standard InChI is InChI=1S/C26H33NS2/c1-8-19-13-9-12-16-22(19)29(7,27-26(4,5)6)25-18(3)17(2)23-20-14-10-11-15-21(20)28-24(23)25/h9-16,25,27H,8H2,1-7H3. The summed E-state index contributed by atoms with van der Waals surface area (Å²) in [4.78, 5) is 3.07. The summed E-state index contributed by atoms with van der Waals surface area (Å²) < 4.78 is 5.57. The Kier molecular flexibility index (Phi) is 5.21. The molecule has 154 valence electrons. The molecule has 0 radical (unpaired) electrons. The van der Waals surface area contributed by atoms with Gasteiger partial charge in [-0.05, 0) is 70.6 Å². The van der Waals surface area contributed by atoms with Crippen molar-refractivity contribution >= 4 is 37.2 Å². The maximum absolute atomic E-state index is 4.16. The molecule has 1 nitrogen and oxygen atoms in total. The van der Waals surface area contributed by atoms with E-state index >= 15 is 0 Å². The van der Waals surface area contributed by atoms with Gasteiger partial charge in [0.2, 0.25) is 0 Å². The predicted octanol–water partition coefficient (Wildman–Crippen LogP) is 8.11. The highest BCUT2D eigenvalue weighted by molar-refractivity contribution is 8.32. The van der Waals surface area contributed by atoms with Crippen LogP contribution in [0, 0.1) is 0 Å². The lowest BCUT2D eigenvalue weighted by molar-refractivity contribution is 0.528. The monoisotopic (exact) mass is 423 g/mol. The average Bonchev–Trinajstić information content (AvgIpc) is 3.15. The van der Waals surface area contributed by atoms with Crippen molar-refractivity contribution in [2.45, 2.75) is 63.6 Å². The summed E-state index contributed by atoms with van der Waals surface area (Å²) in [5.41, 5.74) is 6.03. The van der Waals surface area contributed by atoms with Crippen molar-refractivity contribution < 1.29 is 0 Å². The normalized spacial score (nSPS) is 20.0. The molecule has 1 aliphatic carbocycles. The zero-order chi connectivity index (χ0) is 21.0. The minimum atomic E-state index is -1.34. The molecule has 0 bridgehead atoms. The minimum absolute atomic E-state index is 0.0402. The van der Waals surface area contributed by atoms with Crippen LogP contribution in [0.15, 0.2) is 59.0 Å². The van der Waals surface area contributed by atoms with Gasteiger partial charge in [-0.1, -0.05) is 48.9 Å². The Balaban J connectivity index is 2.00. The van der Waals surface area contributed by atoms with Crippen molar-refractivity contribution in [3.8, 4) is 0 Å². The Labute approximate surface area is 181 Å². The van der Waals surface area contributed by atoms with Gasteiger partial charge in [-0.3, -0.25) is 4.72 Å². The quantitative estimate of drug-likeness (QED) is 0.447. The van der Waals surface area contributed by atoms with Crippen molar-refractivity contribution in [1.82, 2.24) is 4.72 Å². The molecule has 1 aromatic heterocycles. The molecule has 0 amide bonds. The first kappa shape index (κ1) is 20.7. The highest BCUT2D eigenvalue weighted by atomic mass is 32.3. The average molecular weight is 424 g/mol. The highest BCUT2D eigenvalue weighted by Gasteiger charge is 2.43. The van der Waals surface area contributed by atoms with Gasteiger partial charge in [-0.2, -0.15) is 10.2 Å². The van der Waals surface area contributed by atoms with Gasteiger partial charge >= 0.3 is 0 Å². The third-order valence-corrected chi connectivity index (χ3v) is 11.3. The molecule has 29 heavy (non-hydrogen) atoms. The fourth-order valence-electron chi connectivity index (χ4n) is 4.88. The van der Waals surface area contributed by atoms with E-state index in [9.17, 15) is 0 Å². The Morgan fingerprint density at radius 2 is 1.66 bits per heavy atom. The van der Waals surface area contributed by atoms with E-state index in [1.54, 1.807) is 4.88 Å². The van der Waals surface area contributed by atoms with E-state index in [1.165, 1.54) is 37.3 Å². The Bertz CT molecular complexity index is 1100. The number of hydrogen-bond acceptors (Lipinski definition) is 2. The largest absolute Gasteiger partial charge is 0.271 e. The third-order valence-electron chi connectivity index (χ3n) is 6.02. The molecule has 1 N–H and O–H groups in total. The molecule has 2 atom stereocenters. The molecule has 0 aliphatic heterocycles. The Hall–Kier alpha value is -1.55. The van der Waals surface area contributed by atoms with E-state index in [0.717, 1.165) is 6.42 Å². The fourth-order valence-corrected chi connectivity index (χ4v) is 11.2. The first-order valence-corrected chi connectivity index (χ1v) is 13.4. The van der Waals surface area contributed by atoms with Crippen molar-refractivity contribution in [2.75, 3.05) is 6.26 Å². The van der Waals surface area contributed by atoms with Crippen molar-refractivity contribution in [2.24, 2.45) is 0 Å². The first-order valence-electron chi connectivity index (χ1n) is 10.5. The van der Waals surface area contributed by atoms with Crippen molar-refractivity contribution in [3.05, 3.63) is 70.1 Å². The topological polar surface area (TPSA) is 12.0 Å². The van der Waals surface area contributed by atoms with E-state index in [2.05, 4.69) is 101 Å². The Morgan fingerprint density at radius 3 is 2.34 bits per heavy atom. The zero-order valence-corrected chi connectivity index (χ0v) is 20.4. The number of aryl methyl sites for hydroxylation is 1. The van der Waals surface area contributed by atoms with Gasteiger partial charge < -0.3 is 0 Å². The molecule has 0 fully saturated rings. The van der Waals surface area contributed by atoms with Crippen LogP contribution in [0.5, 0.6) is 0 Å². The molecule has 3 aromatic rings. The lowest BCUT2D eigenvalue weighted by Gasteiger charge is -2.49. The van der Waals surface area contributed by atoms with Gasteiger partial charge in [-0.15, -0.1) is 11.3 Å². The smallest absolute Gasteiger partial charge is 0.0605 e. The number of fused-ring (bicyclic) bond motifs is 3. The summed E-state index contributed by atoms with van der Waals surface area (Å²) in [7, 11) is -1.34. The van der Waals surface area contributed by atoms with Crippen LogP contribution >= 0.6 is 21.6 Å². The van der Waals surface area contributed by atoms with Gasteiger partial charge in [0.25, 0.3) is 0 Å². The van der Waals surface area contributed by atoms with E-state index in [-0.39, 0.29) is 5.54 Å². The van der Waals surface area contributed by atoms with Gasteiger partial charge in [0.15, 0.2) is 0 Å². The minimum Gasteiger partial charge on any atom is -0.271 e. The molecule has 3 heteroatoms. The molecule has 2 aromatic carbocycles. The van der Waals surface area contributed by atoms with Crippen LogP contribution in [-0.4, -0.2) is 11.8 Å².